The second-order valence-corrected chi connectivity index (χ2v) is 15.2. The molecule has 0 fully saturated rings. The van der Waals surface area contributed by atoms with Gasteiger partial charge < -0.3 is 0 Å². The third-order valence-corrected chi connectivity index (χ3v) is 11.7. The van der Waals surface area contributed by atoms with Gasteiger partial charge in [0.2, 0.25) is 0 Å². The number of fused-ring (bicyclic) bond motifs is 6. The lowest BCUT2D eigenvalue weighted by Crippen LogP contribution is -2.04. The van der Waals surface area contributed by atoms with Gasteiger partial charge in [-0.2, -0.15) is 0 Å². The summed E-state index contributed by atoms with van der Waals surface area (Å²) >= 11 is 0. The molecule has 0 bridgehead atoms. The molecule has 0 aliphatic carbocycles. The number of benzene rings is 7. The maximum absolute atomic E-state index is 5.34. The molecule has 0 radical (unpaired) electrons. The Morgan fingerprint density at radius 1 is 0.311 bits per heavy atom. The first kappa shape index (κ1) is 34.6. The van der Waals surface area contributed by atoms with E-state index in [2.05, 4.69) is 190 Å². The van der Waals surface area contributed by atoms with Crippen LogP contribution in [0.5, 0.6) is 0 Å². The molecule has 7 nitrogen and oxygen atoms in total. The molecule has 0 saturated carbocycles. The van der Waals surface area contributed by atoms with Gasteiger partial charge in [0.05, 0.1) is 22.1 Å². The zero-order chi connectivity index (χ0) is 40.3. The topological polar surface area (TPSA) is 66.3 Å². The molecule has 7 aromatic carbocycles. The Hall–Kier alpha value is -8.42. The fourth-order valence-electron chi connectivity index (χ4n) is 8.87. The molecular formula is C54H35N7. The Kier molecular flexibility index (Phi) is 8.03. The van der Waals surface area contributed by atoms with Crippen molar-refractivity contribution in [2.75, 3.05) is 0 Å². The minimum absolute atomic E-state index is 0.638. The largest absolute Gasteiger partial charge is 0.294 e. The van der Waals surface area contributed by atoms with Crippen molar-refractivity contribution in [3.63, 3.8) is 0 Å². The van der Waals surface area contributed by atoms with Crippen LogP contribution in [0.4, 0.5) is 0 Å². The third-order valence-electron chi connectivity index (χ3n) is 11.7. The van der Waals surface area contributed by atoms with E-state index in [9.17, 15) is 0 Å². The summed E-state index contributed by atoms with van der Waals surface area (Å²) in [6.45, 7) is 0. The lowest BCUT2D eigenvalue weighted by atomic mass is 10.0. The van der Waals surface area contributed by atoms with E-state index in [-0.39, 0.29) is 0 Å². The van der Waals surface area contributed by atoms with Gasteiger partial charge in [-0.05, 0) is 95.1 Å². The standard InChI is InChI=1S/C54H35N7/c1-4-15-36(16-5-1)38-27-29-49-44(33-38)42-21-10-12-24-47(42)60(49)51-26-14-23-46(56-51)54-58-57-53(59(54)41-19-8-3-9-20-41)40-31-32-55-52(35-40)61-48-25-13-11-22-43(48)45-34-39(28-30-50(45)61)37-17-6-2-7-18-37/h1-35H. The van der Waals surface area contributed by atoms with Crippen molar-refractivity contribution in [1.29, 1.82) is 0 Å². The molecule has 12 aromatic rings. The van der Waals surface area contributed by atoms with E-state index in [1.165, 1.54) is 43.8 Å². The molecule has 0 amide bonds. The van der Waals surface area contributed by atoms with Gasteiger partial charge in [-0.25, -0.2) is 9.97 Å². The number of hydrogen-bond donors (Lipinski definition) is 0. The molecule has 12 rings (SSSR count). The van der Waals surface area contributed by atoms with Crippen LogP contribution in [-0.4, -0.2) is 33.9 Å². The molecule has 0 aliphatic heterocycles. The summed E-state index contributed by atoms with van der Waals surface area (Å²) in [5, 5.41) is 14.5. The van der Waals surface area contributed by atoms with Crippen LogP contribution >= 0.6 is 0 Å². The maximum atomic E-state index is 5.34. The minimum atomic E-state index is 0.638. The van der Waals surface area contributed by atoms with Crippen molar-refractivity contribution in [3.8, 4) is 62.5 Å². The first-order chi connectivity index (χ1) is 30.3. The molecule has 7 heteroatoms. The Morgan fingerprint density at radius 2 is 0.836 bits per heavy atom. The highest BCUT2D eigenvalue weighted by atomic mass is 15.3. The summed E-state index contributed by atoms with van der Waals surface area (Å²) in [5.74, 6) is 2.92. The van der Waals surface area contributed by atoms with Gasteiger partial charge in [0.25, 0.3) is 0 Å². The number of pyridine rings is 2. The third kappa shape index (κ3) is 5.74. The van der Waals surface area contributed by atoms with Crippen molar-refractivity contribution in [2.24, 2.45) is 0 Å². The molecule has 0 aliphatic rings. The lowest BCUT2D eigenvalue weighted by Gasteiger charge is -2.13. The fraction of sp³-hybridized carbons (Fsp3) is 0. The first-order valence-corrected chi connectivity index (χ1v) is 20.4. The van der Waals surface area contributed by atoms with Gasteiger partial charge in [0.1, 0.15) is 17.3 Å². The number of rotatable bonds is 7. The average Bonchev–Trinajstić information content (AvgIpc) is 4.03. The van der Waals surface area contributed by atoms with E-state index in [0.717, 1.165) is 45.0 Å². The van der Waals surface area contributed by atoms with E-state index in [4.69, 9.17) is 20.2 Å². The summed E-state index contributed by atoms with van der Waals surface area (Å²) in [6, 6.07) is 72.0. The quantitative estimate of drug-likeness (QED) is 0.161. The molecule has 0 atom stereocenters. The summed E-state index contributed by atoms with van der Waals surface area (Å²) in [5.41, 5.74) is 11.6. The smallest absolute Gasteiger partial charge is 0.187 e. The Balaban J connectivity index is 0.998. The van der Waals surface area contributed by atoms with Crippen LogP contribution < -0.4 is 0 Å². The van der Waals surface area contributed by atoms with Crippen molar-refractivity contribution in [3.05, 3.63) is 212 Å². The fourth-order valence-corrected chi connectivity index (χ4v) is 8.87. The first-order valence-electron chi connectivity index (χ1n) is 20.4. The SMILES string of the molecule is c1ccc(-c2ccc3c(c2)c2ccccc2n3-c2cc(-c3nnc(-c4cccc(-n5c6ccccc6c6cc(-c7ccccc7)ccc65)n4)n3-c3ccccc3)ccn2)cc1. The lowest BCUT2D eigenvalue weighted by molar-refractivity contribution is 1.03. The molecule has 0 N–H and O–H groups in total. The predicted octanol–water partition coefficient (Wildman–Crippen LogP) is 12.9. The normalized spacial score (nSPS) is 11.6. The van der Waals surface area contributed by atoms with E-state index < -0.39 is 0 Å². The molecule has 286 valence electrons. The number of nitrogens with zero attached hydrogens (tertiary/aromatic N) is 7. The zero-order valence-corrected chi connectivity index (χ0v) is 32.8. The second kappa shape index (κ2) is 14.1. The number of para-hydroxylation sites is 3. The van der Waals surface area contributed by atoms with Crippen molar-refractivity contribution < 1.29 is 0 Å². The molecule has 5 aromatic heterocycles. The zero-order valence-electron chi connectivity index (χ0n) is 32.8. The minimum Gasteiger partial charge on any atom is -0.294 e. The maximum Gasteiger partial charge on any atom is 0.187 e. The molecule has 5 heterocycles. The van der Waals surface area contributed by atoms with Crippen LogP contribution in [0, 0.1) is 0 Å². The highest BCUT2D eigenvalue weighted by Gasteiger charge is 2.22. The van der Waals surface area contributed by atoms with Crippen LogP contribution in [0.1, 0.15) is 0 Å². The monoisotopic (exact) mass is 781 g/mol. The number of hydrogen-bond acceptors (Lipinski definition) is 4. The summed E-state index contributed by atoms with van der Waals surface area (Å²) in [7, 11) is 0. The Morgan fingerprint density at radius 3 is 1.46 bits per heavy atom. The molecular weight excluding hydrogens is 747 g/mol. The van der Waals surface area contributed by atoms with Crippen molar-refractivity contribution >= 4 is 43.6 Å². The van der Waals surface area contributed by atoms with Crippen LogP contribution in [0.25, 0.3) is 106 Å². The molecule has 61 heavy (non-hydrogen) atoms. The van der Waals surface area contributed by atoms with Gasteiger partial charge in [0, 0.05) is 39.0 Å². The highest BCUT2D eigenvalue weighted by molar-refractivity contribution is 6.11. The Bertz CT molecular complexity index is 3370. The number of aromatic nitrogens is 7. The van der Waals surface area contributed by atoms with Crippen molar-refractivity contribution in [1.82, 2.24) is 33.9 Å². The van der Waals surface area contributed by atoms with Gasteiger partial charge in [-0.3, -0.25) is 13.7 Å². The summed E-state index contributed by atoms with van der Waals surface area (Å²) in [4.78, 5) is 10.3. The molecule has 0 unspecified atom stereocenters. The average molecular weight is 782 g/mol. The molecule has 0 saturated heterocycles. The second-order valence-electron chi connectivity index (χ2n) is 15.2. The van der Waals surface area contributed by atoms with Crippen LogP contribution in [0.2, 0.25) is 0 Å². The van der Waals surface area contributed by atoms with E-state index in [1.54, 1.807) is 0 Å². The van der Waals surface area contributed by atoms with Crippen LogP contribution in [0.15, 0.2) is 212 Å². The van der Waals surface area contributed by atoms with Crippen LogP contribution in [0.3, 0.4) is 0 Å². The van der Waals surface area contributed by atoms with E-state index in [1.807, 2.05) is 36.5 Å². The predicted molar refractivity (Wildman–Crippen MR) is 247 cm³/mol. The summed E-state index contributed by atoms with van der Waals surface area (Å²) in [6.07, 6.45) is 1.86. The Labute approximate surface area is 351 Å². The highest BCUT2D eigenvalue weighted by Crippen LogP contribution is 2.38. The van der Waals surface area contributed by atoms with Gasteiger partial charge >= 0.3 is 0 Å². The van der Waals surface area contributed by atoms with E-state index in [0.29, 0.717) is 17.3 Å². The van der Waals surface area contributed by atoms with Gasteiger partial charge in [-0.15, -0.1) is 10.2 Å². The van der Waals surface area contributed by atoms with E-state index >= 15 is 0 Å². The van der Waals surface area contributed by atoms with Gasteiger partial charge in [-0.1, -0.05) is 133 Å². The summed E-state index contributed by atoms with van der Waals surface area (Å²) < 4.78 is 6.59. The van der Waals surface area contributed by atoms with Crippen molar-refractivity contribution in [2.45, 2.75) is 0 Å². The van der Waals surface area contributed by atoms with Gasteiger partial charge in [0.15, 0.2) is 11.6 Å². The molecule has 0 spiro atoms. The van der Waals surface area contributed by atoms with Crippen LogP contribution in [-0.2, 0) is 0 Å².